The molecule has 0 spiro atoms. The van der Waals surface area contributed by atoms with Gasteiger partial charge in [-0.25, -0.2) is 0 Å². The summed E-state index contributed by atoms with van der Waals surface area (Å²) in [4.78, 5) is 29.0. The van der Waals surface area contributed by atoms with Gasteiger partial charge in [0.25, 0.3) is 5.91 Å². The average molecular weight is 286 g/mol. The first-order valence-corrected chi connectivity index (χ1v) is 7.72. The van der Waals surface area contributed by atoms with Gasteiger partial charge in [0.1, 0.15) is 0 Å². The highest BCUT2D eigenvalue weighted by Gasteiger charge is 2.29. The molecule has 0 bridgehead atoms. The van der Waals surface area contributed by atoms with Crippen LogP contribution >= 0.6 is 0 Å². The van der Waals surface area contributed by atoms with E-state index in [-0.39, 0.29) is 17.7 Å². The lowest BCUT2D eigenvalue weighted by Crippen LogP contribution is -2.42. The van der Waals surface area contributed by atoms with Gasteiger partial charge in [-0.2, -0.15) is 0 Å². The molecule has 4 heteroatoms. The molecule has 1 aliphatic heterocycles. The molecule has 0 N–H and O–H groups in total. The maximum absolute atomic E-state index is 12.9. The molecular formula is C17H22N2O2. The van der Waals surface area contributed by atoms with Crippen LogP contribution < -0.4 is 0 Å². The molecule has 4 nitrogen and oxygen atoms in total. The van der Waals surface area contributed by atoms with Gasteiger partial charge in [0.05, 0.1) is 0 Å². The topological polar surface area (TPSA) is 40.6 Å². The predicted octanol–water partition coefficient (Wildman–Crippen LogP) is 1.98. The lowest BCUT2D eigenvalue weighted by molar-refractivity contribution is 0.0695. The van der Waals surface area contributed by atoms with Crippen molar-refractivity contribution in [2.75, 3.05) is 26.7 Å². The standard InChI is InChI=1S/C17H22N2O2/c1-12-11-18(2)9-4-10-19(12)17(21)15-6-3-5-14-13(15)7-8-16(14)20/h3,5-6,12H,4,7-11H2,1-2H3/t12-/m0/s1. The number of benzene rings is 1. The van der Waals surface area contributed by atoms with Gasteiger partial charge in [-0.3, -0.25) is 9.59 Å². The molecule has 0 unspecified atom stereocenters. The number of hydrogen-bond donors (Lipinski definition) is 0. The van der Waals surface area contributed by atoms with Crippen molar-refractivity contribution < 1.29 is 9.59 Å². The summed E-state index contributed by atoms with van der Waals surface area (Å²) in [6.07, 6.45) is 2.25. The number of ketones is 1. The number of carbonyl (C=O) groups excluding carboxylic acids is 2. The highest BCUT2D eigenvalue weighted by molar-refractivity contribution is 6.05. The smallest absolute Gasteiger partial charge is 0.254 e. The lowest BCUT2D eigenvalue weighted by Gasteiger charge is -2.28. The SMILES string of the molecule is C[C@H]1CN(C)CCCN1C(=O)c1cccc2c1CCC2=O. The fourth-order valence-corrected chi connectivity index (χ4v) is 3.52. The lowest BCUT2D eigenvalue weighted by atomic mass is 10.0. The molecule has 21 heavy (non-hydrogen) atoms. The molecule has 0 saturated carbocycles. The van der Waals surface area contributed by atoms with E-state index in [0.717, 1.165) is 42.7 Å². The van der Waals surface area contributed by atoms with Crippen molar-refractivity contribution in [2.24, 2.45) is 0 Å². The van der Waals surface area contributed by atoms with Crippen LogP contribution in [0.15, 0.2) is 18.2 Å². The van der Waals surface area contributed by atoms with Gasteiger partial charge in [-0.05, 0) is 45.0 Å². The molecule has 2 aliphatic rings. The van der Waals surface area contributed by atoms with Crippen LogP contribution in [-0.4, -0.2) is 54.2 Å². The maximum atomic E-state index is 12.9. The summed E-state index contributed by atoms with van der Waals surface area (Å²) in [7, 11) is 2.10. The molecule has 1 aromatic rings. The number of likely N-dealkylation sites (N-methyl/N-ethyl adjacent to an activating group) is 1. The summed E-state index contributed by atoms with van der Waals surface area (Å²) >= 11 is 0. The number of hydrogen-bond acceptors (Lipinski definition) is 3. The molecule has 1 amide bonds. The first-order valence-electron chi connectivity index (χ1n) is 7.72. The second-order valence-corrected chi connectivity index (χ2v) is 6.22. The summed E-state index contributed by atoms with van der Waals surface area (Å²) in [6, 6.07) is 5.77. The largest absolute Gasteiger partial charge is 0.335 e. The summed E-state index contributed by atoms with van der Waals surface area (Å²) in [5.74, 6) is 0.257. The number of Topliss-reactive ketones (excluding diaryl/α,β-unsaturated/α-hetero) is 1. The van der Waals surface area contributed by atoms with E-state index in [1.807, 2.05) is 23.1 Å². The van der Waals surface area contributed by atoms with Crippen molar-refractivity contribution in [3.05, 3.63) is 34.9 Å². The van der Waals surface area contributed by atoms with Crippen molar-refractivity contribution in [1.29, 1.82) is 0 Å². The number of fused-ring (bicyclic) bond motifs is 1. The first-order chi connectivity index (χ1) is 10.1. The van der Waals surface area contributed by atoms with Gasteiger partial charge in [0.15, 0.2) is 5.78 Å². The minimum absolute atomic E-state index is 0.0874. The van der Waals surface area contributed by atoms with Gasteiger partial charge < -0.3 is 9.80 Å². The first kappa shape index (κ1) is 14.3. The normalized spacial score (nSPS) is 23.0. The van der Waals surface area contributed by atoms with E-state index >= 15 is 0 Å². The fourth-order valence-electron chi connectivity index (χ4n) is 3.52. The van der Waals surface area contributed by atoms with Crippen molar-refractivity contribution >= 4 is 11.7 Å². The second kappa shape index (κ2) is 5.60. The Morgan fingerprint density at radius 1 is 1.24 bits per heavy atom. The highest BCUT2D eigenvalue weighted by Crippen LogP contribution is 2.27. The van der Waals surface area contributed by atoms with Crippen LogP contribution in [0.5, 0.6) is 0 Å². The van der Waals surface area contributed by atoms with Crippen molar-refractivity contribution in [1.82, 2.24) is 9.80 Å². The van der Waals surface area contributed by atoms with Crippen molar-refractivity contribution in [3.63, 3.8) is 0 Å². The highest BCUT2D eigenvalue weighted by atomic mass is 16.2. The molecule has 3 rings (SSSR count). The van der Waals surface area contributed by atoms with E-state index in [9.17, 15) is 9.59 Å². The third kappa shape index (κ3) is 2.60. The molecule has 1 aliphatic carbocycles. The van der Waals surface area contributed by atoms with Gasteiger partial charge in [-0.15, -0.1) is 0 Å². The molecule has 112 valence electrons. The molecule has 1 fully saturated rings. The number of amides is 1. The van der Waals surface area contributed by atoms with Crippen LogP contribution in [0, 0.1) is 0 Å². The Hall–Kier alpha value is -1.68. The quantitative estimate of drug-likeness (QED) is 0.792. The van der Waals surface area contributed by atoms with Crippen LogP contribution in [0.25, 0.3) is 0 Å². The van der Waals surface area contributed by atoms with Crippen LogP contribution in [0.3, 0.4) is 0 Å². The zero-order chi connectivity index (χ0) is 15.0. The van der Waals surface area contributed by atoms with Gasteiger partial charge in [0.2, 0.25) is 0 Å². The number of carbonyl (C=O) groups is 2. The van der Waals surface area contributed by atoms with E-state index in [4.69, 9.17) is 0 Å². The minimum atomic E-state index is 0.0874. The zero-order valence-electron chi connectivity index (χ0n) is 12.8. The second-order valence-electron chi connectivity index (χ2n) is 6.22. The number of nitrogens with zero attached hydrogens (tertiary/aromatic N) is 2. The van der Waals surface area contributed by atoms with Gasteiger partial charge >= 0.3 is 0 Å². The Balaban J connectivity index is 1.90. The van der Waals surface area contributed by atoms with Crippen LogP contribution in [0.4, 0.5) is 0 Å². The molecule has 0 radical (unpaired) electrons. The van der Waals surface area contributed by atoms with Gasteiger partial charge in [0, 0.05) is 36.7 Å². The Morgan fingerprint density at radius 3 is 2.86 bits per heavy atom. The summed E-state index contributed by atoms with van der Waals surface area (Å²) < 4.78 is 0. The number of rotatable bonds is 1. The Bertz CT molecular complexity index is 582. The van der Waals surface area contributed by atoms with Crippen molar-refractivity contribution in [2.45, 2.75) is 32.2 Å². The molecule has 1 saturated heterocycles. The van der Waals surface area contributed by atoms with Crippen LogP contribution in [0.1, 0.15) is 46.0 Å². The van der Waals surface area contributed by atoms with E-state index < -0.39 is 0 Å². The van der Waals surface area contributed by atoms with Crippen LogP contribution in [0.2, 0.25) is 0 Å². The summed E-state index contributed by atoms with van der Waals surface area (Å²) in [5.41, 5.74) is 2.44. The molecule has 1 aromatic carbocycles. The van der Waals surface area contributed by atoms with Crippen LogP contribution in [-0.2, 0) is 6.42 Å². The van der Waals surface area contributed by atoms with E-state index in [1.165, 1.54) is 0 Å². The van der Waals surface area contributed by atoms with Crippen molar-refractivity contribution in [3.8, 4) is 0 Å². The van der Waals surface area contributed by atoms with E-state index in [0.29, 0.717) is 12.8 Å². The molecule has 0 aromatic heterocycles. The Labute approximate surface area is 125 Å². The predicted molar refractivity (Wildman–Crippen MR) is 81.7 cm³/mol. The van der Waals surface area contributed by atoms with E-state index in [1.54, 1.807) is 0 Å². The monoisotopic (exact) mass is 286 g/mol. The average Bonchev–Trinajstić information content (AvgIpc) is 2.75. The Kier molecular flexibility index (Phi) is 3.81. The van der Waals surface area contributed by atoms with E-state index in [2.05, 4.69) is 18.9 Å². The molecule has 1 atom stereocenters. The maximum Gasteiger partial charge on any atom is 0.254 e. The zero-order valence-corrected chi connectivity index (χ0v) is 12.8. The molecular weight excluding hydrogens is 264 g/mol. The van der Waals surface area contributed by atoms with Gasteiger partial charge in [-0.1, -0.05) is 12.1 Å². The fraction of sp³-hybridized carbons (Fsp3) is 0.529. The summed E-state index contributed by atoms with van der Waals surface area (Å²) in [5, 5.41) is 0. The Morgan fingerprint density at radius 2 is 2.05 bits per heavy atom. The summed E-state index contributed by atoms with van der Waals surface area (Å²) in [6.45, 7) is 4.83. The third-order valence-electron chi connectivity index (χ3n) is 4.62. The molecule has 1 heterocycles. The minimum Gasteiger partial charge on any atom is -0.335 e. The third-order valence-corrected chi connectivity index (χ3v) is 4.62.